The van der Waals surface area contributed by atoms with Crippen LogP contribution >= 0.6 is 0 Å². The number of aryl methyl sites for hydroxylation is 1. The van der Waals surface area contributed by atoms with Gasteiger partial charge in [-0.2, -0.15) is 0 Å². The SMILES string of the molecule is COc1cc(CC(C)(C)O)cc(C)n1. The van der Waals surface area contributed by atoms with Crippen LogP contribution in [0.1, 0.15) is 25.1 Å². The molecule has 0 amide bonds. The first-order valence-corrected chi connectivity index (χ1v) is 4.65. The summed E-state index contributed by atoms with van der Waals surface area (Å²) in [5.74, 6) is 0.601. The van der Waals surface area contributed by atoms with Gasteiger partial charge in [-0.05, 0) is 32.4 Å². The average molecular weight is 195 g/mol. The van der Waals surface area contributed by atoms with Crippen molar-refractivity contribution in [2.45, 2.75) is 32.8 Å². The molecule has 0 atom stereocenters. The van der Waals surface area contributed by atoms with Crippen molar-refractivity contribution in [2.24, 2.45) is 0 Å². The Kier molecular flexibility index (Phi) is 3.11. The normalized spacial score (nSPS) is 11.5. The number of aromatic nitrogens is 1. The Morgan fingerprint density at radius 2 is 2.07 bits per heavy atom. The zero-order valence-electron chi connectivity index (χ0n) is 9.16. The highest BCUT2D eigenvalue weighted by molar-refractivity contribution is 5.25. The van der Waals surface area contributed by atoms with Crippen molar-refractivity contribution in [2.75, 3.05) is 7.11 Å². The van der Waals surface area contributed by atoms with Crippen molar-refractivity contribution in [3.63, 3.8) is 0 Å². The molecule has 3 nitrogen and oxygen atoms in total. The van der Waals surface area contributed by atoms with Crippen LogP contribution in [0.15, 0.2) is 12.1 Å². The van der Waals surface area contributed by atoms with Crippen LogP contribution in [0.2, 0.25) is 0 Å². The minimum atomic E-state index is -0.696. The third-order valence-corrected chi connectivity index (χ3v) is 1.84. The largest absolute Gasteiger partial charge is 0.481 e. The van der Waals surface area contributed by atoms with E-state index >= 15 is 0 Å². The first-order valence-electron chi connectivity index (χ1n) is 4.65. The van der Waals surface area contributed by atoms with Crippen LogP contribution in [0.3, 0.4) is 0 Å². The Hall–Kier alpha value is -1.09. The minimum absolute atomic E-state index is 0.601. The molecule has 0 aliphatic rings. The van der Waals surface area contributed by atoms with Crippen molar-refractivity contribution in [3.8, 4) is 5.88 Å². The number of ether oxygens (including phenoxy) is 1. The second-order valence-corrected chi connectivity index (χ2v) is 4.15. The number of pyridine rings is 1. The van der Waals surface area contributed by atoms with Gasteiger partial charge in [0.15, 0.2) is 0 Å². The molecule has 0 unspecified atom stereocenters. The molecule has 14 heavy (non-hydrogen) atoms. The van der Waals surface area contributed by atoms with Crippen LogP contribution in [0, 0.1) is 6.92 Å². The summed E-state index contributed by atoms with van der Waals surface area (Å²) in [6.45, 7) is 5.49. The molecule has 1 rings (SSSR count). The van der Waals surface area contributed by atoms with E-state index in [4.69, 9.17) is 4.74 Å². The van der Waals surface area contributed by atoms with Gasteiger partial charge in [0.2, 0.25) is 5.88 Å². The minimum Gasteiger partial charge on any atom is -0.481 e. The number of aliphatic hydroxyl groups is 1. The maximum atomic E-state index is 9.66. The molecule has 0 saturated carbocycles. The number of rotatable bonds is 3. The van der Waals surface area contributed by atoms with Gasteiger partial charge in [0.05, 0.1) is 12.7 Å². The van der Waals surface area contributed by atoms with Gasteiger partial charge in [-0.3, -0.25) is 0 Å². The fraction of sp³-hybridized carbons (Fsp3) is 0.545. The lowest BCUT2D eigenvalue weighted by Gasteiger charge is -2.17. The van der Waals surface area contributed by atoms with Crippen LogP contribution in [0.5, 0.6) is 5.88 Å². The summed E-state index contributed by atoms with van der Waals surface area (Å²) in [5, 5.41) is 9.66. The molecule has 1 aromatic rings. The Morgan fingerprint density at radius 1 is 1.43 bits per heavy atom. The lowest BCUT2D eigenvalue weighted by Crippen LogP contribution is -2.21. The molecule has 78 valence electrons. The standard InChI is InChI=1S/C11H17NO2/c1-8-5-9(7-11(2,3)13)6-10(12-8)14-4/h5-6,13H,7H2,1-4H3. The summed E-state index contributed by atoms with van der Waals surface area (Å²) in [6.07, 6.45) is 0.604. The molecule has 0 fully saturated rings. The number of methoxy groups -OCH3 is 1. The molecule has 1 N–H and O–H groups in total. The number of hydrogen-bond donors (Lipinski definition) is 1. The van der Waals surface area contributed by atoms with E-state index in [1.165, 1.54) is 0 Å². The van der Waals surface area contributed by atoms with Gasteiger partial charge in [-0.15, -0.1) is 0 Å². The third-order valence-electron chi connectivity index (χ3n) is 1.84. The molecule has 0 aliphatic carbocycles. The molecule has 0 radical (unpaired) electrons. The van der Waals surface area contributed by atoms with E-state index in [0.717, 1.165) is 11.3 Å². The zero-order chi connectivity index (χ0) is 10.8. The van der Waals surface area contributed by atoms with Crippen LogP contribution in [-0.2, 0) is 6.42 Å². The van der Waals surface area contributed by atoms with E-state index in [2.05, 4.69) is 4.98 Å². The Bertz CT molecular complexity index is 316. The number of nitrogens with zero attached hydrogens (tertiary/aromatic N) is 1. The van der Waals surface area contributed by atoms with Gasteiger partial charge in [0.1, 0.15) is 0 Å². The molecule has 0 bridgehead atoms. The van der Waals surface area contributed by atoms with E-state index < -0.39 is 5.60 Å². The lowest BCUT2D eigenvalue weighted by atomic mass is 9.99. The van der Waals surface area contributed by atoms with Gasteiger partial charge < -0.3 is 9.84 Å². The Labute approximate surface area is 84.7 Å². The highest BCUT2D eigenvalue weighted by Crippen LogP contribution is 2.17. The van der Waals surface area contributed by atoms with Crippen LogP contribution in [0.4, 0.5) is 0 Å². The predicted molar refractivity (Wildman–Crippen MR) is 55.5 cm³/mol. The molecule has 1 aromatic heterocycles. The lowest BCUT2D eigenvalue weighted by molar-refractivity contribution is 0.0809. The summed E-state index contributed by atoms with van der Waals surface area (Å²) in [4.78, 5) is 4.18. The predicted octanol–water partition coefficient (Wildman–Crippen LogP) is 1.71. The summed E-state index contributed by atoms with van der Waals surface area (Å²) < 4.78 is 5.06. The maximum Gasteiger partial charge on any atom is 0.213 e. The highest BCUT2D eigenvalue weighted by atomic mass is 16.5. The van der Waals surface area contributed by atoms with Gasteiger partial charge in [-0.25, -0.2) is 4.98 Å². The van der Waals surface area contributed by atoms with Gasteiger partial charge in [-0.1, -0.05) is 0 Å². The average Bonchev–Trinajstić information content (AvgIpc) is 1.99. The zero-order valence-corrected chi connectivity index (χ0v) is 9.16. The highest BCUT2D eigenvalue weighted by Gasteiger charge is 2.14. The quantitative estimate of drug-likeness (QED) is 0.798. The van der Waals surface area contributed by atoms with E-state index in [-0.39, 0.29) is 0 Å². The van der Waals surface area contributed by atoms with E-state index in [0.29, 0.717) is 12.3 Å². The summed E-state index contributed by atoms with van der Waals surface area (Å²) in [6, 6.07) is 3.81. The second-order valence-electron chi connectivity index (χ2n) is 4.15. The fourth-order valence-corrected chi connectivity index (χ4v) is 1.41. The molecular formula is C11H17NO2. The summed E-state index contributed by atoms with van der Waals surface area (Å²) in [7, 11) is 1.59. The Morgan fingerprint density at radius 3 is 2.57 bits per heavy atom. The van der Waals surface area contributed by atoms with Crippen LogP contribution in [-0.4, -0.2) is 22.8 Å². The molecule has 1 heterocycles. The van der Waals surface area contributed by atoms with Crippen LogP contribution < -0.4 is 4.74 Å². The molecule has 0 spiro atoms. The van der Waals surface area contributed by atoms with Crippen molar-refractivity contribution in [1.29, 1.82) is 0 Å². The summed E-state index contributed by atoms with van der Waals surface area (Å²) in [5.41, 5.74) is 1.25. The maximum absolute atomic E-state index is 9.66. The summed E-state index contributed by atoms with van der Waals surface area (Å²) >= 11 is 0. The third kappa shape index (κ3) is 3.34. The van der Waals surface area contributed by atoms with E-state index in [9.17, 15) is 5.11 Å². The van der Waals surface area contributed by atoms with E-state index in [1.54, 1.807) is 21.0 Å². The van der Waals surface area contributed by atoms with Crippen LogP contribution in [0.25, 0.3) is 0 Å². The fourth-order valence-electron chi connectivity index (χ4n) is 1.41. The van der Waals surface area contributed by atoms with Crippen molar-refractivity contribution in [3.05, 3.63) is 23.4 Å². The molecule has 0 saturated heterocycles. The second kappa shape index (κ2) is 3.96. The van der Waals surface area contributed by atoms with Gasteiger partial charge in [0, 0.05) is 18.2 Å². The molecular weight excluding hydrogens is 178 g/mol. The van der Waals surface area contributed by atoms with Crippen molar-refractivity contribution in [1.82, 2.24) is 4.98 Å². The van der Waals surface area contributed by atoms with Crippen molar-refractivity contribution < 1.29 is 9.84 Å². The first-order chi connectivity index (χ1) is 6.40. The van der Waals surface area contributed by atoms with E-state index in [1.807, 2.05) is 19.1 Å². The van der Waals surface area contributed by atoms with Gasteiger partial charge >= 0.3 is 0 Å². The molecule has 0 aromatic carbocycles. The Balaban J connectivity index is 2.92. The topological polar surface area (TPSA) is 42.4 Å². The monoisotopic (exact) mass is 195 g/mol. The van der Waals surface area contributed by atoms with Crippen molar-refractivity contribution >= 4 is 0 Å². The number of hydrogen-bond acceptors (Lipinski definition) is 3. The van der Waals surface area contributed by atoms with Gasteiger partial charge in [0.25, 0.3) is 0 Å². The smallest absolute Gasteiger partial charge is 0.213 e. The first kappa shape index (κ1) is 11.0. The molecule has 3 heteroatoms. The molecule has 0 aliphatic heterocycles.